The number of rotatable bonds is 3. The summed E-state index contributed by atoms with van der Waals surface area (Å²) in [6.07, 6.45) is 2.46. The van der Waals surface area contributed by atoms with Gasteiger partial charge in [-0.15, -0.1) is 0 Å². The fourth-order valence-corrected chi connectivity index (χ4v) is 4.18. The van der Waals surface area contributed by atoms with E-state index in [0.717, 1.165) is 0 Å². The molecule has 1 unspecified atom stereocenters. The molecule has 1 saturated heterocycles. The molecule has 0 spiro atoms. The molecule has 1 aromatic carbocycles. The third kappa shape index (κ3) is 2.93. The Hall–Kier alpha value is -1.31. The second-order valence-electron chi connectivity index (χ2n) is 5.07. The summed E-state index contributed by atoms with van der Waals surface area (Å²) < 4.78 is 13.7. The van der Waals surface area contributed by atoms with E-state index in [9.17, 15) is 9.18 Å². The number of nitrogens with two attached hydrogens (primary N) is 1. The van der Waals surface area contributed by atoms with Crippen molar-refractivity contribution in [1.29, 1.82) is 0 Å². The Kier molecular flexibility index (Phi) is 4.29. The number of carbonyl (C=O) groups excluding carboxylic acids is 1. The molecule has 22 heavy (non-hydrogen) atoms. The lowest BCUT2D eigenvalue weighted by Gasteiger charge is -2.29. The zero-order chi connectivity index (χ0) is 15.9. The number of thioether (sulfide) groups is 1. The van der Waals surface area contributed by atoms with Crippen molar-refractivity contribution >= 4 is 46.5 Å². The van der Waals surface area contributed by atoms with Crippen LogP contribution in [0.2, 0.25) is 5.02 Å². The van der Waals surface area contributed by atoms with Crippen molar-refractivity contribution in [2.75, 3.05) is 6.54 Å². The predicted molar refractivity (Wildman–Crippen MR) is 89.9 cm³/mol. The molecular formula is C14H13ClFN3OS2. The van der Waals surface area contributed by atoms with Crippen LogP contribution in [0.25, 0.3) is 0 Å². The highest BCUT2D eigenvalue weighted by Gasteiger charge is 2.38. The number of nitrogens with zero attached hydrogens (tertiary/aromatic N) is 1. The lowest BCUT2D eigenvalue weighted by atomic mass is 10.1. The molecule has 8 heteroatoms. The highest BCUT2D eigenvalue weighted by molar-refractivity contribution is 8.05. The van der Waals surface area contributed by atoms with Gasteiger partial charge in [0.2, 0.25) is 5.91 Å². The van der Waals surface area contributed by atoms with E-state index >= 15 is 0 Å². The first kappa shape index (κ1) is 15.6. The lowest BCUT2D eigenvalue weighted by Crippen LogP contribution is -2.37. The van der Waals surface area contributed by atoms with Crippen LogP contribution in [0.1, 0.15) is 17.4 Å². The normalized spacial score (nSPS) is 24.4. The van der Waals surface area contributed by atoms with Crippen molar-refractivity contribution < 1.29 is 9.18 Å². The SMILES string of the molecule is NC(=S)C1=CN(C2CCNC2=O)[C@H](c2cc(F)cc(Cl)c2)S1. The molecule has 1 fully saturated rings. The second-order valence-corrected chi connectivity index (χ2v) is 7.07. The van der Waals surface area contributed by atoms with Gasteiger partial charge < -0.3 is 16.0 Å². The van der Waals surface area contributed by atoms with Crippen LogP contribution in [0.3, 0.4) is 0 Å². The third-order valence-electron chi connectivity index (χ3n) is 3.57. The van der Waals surface area contributed by atoms with Crippen LogP contribution in [0.5, 0.6) is 0 Å². The first-order valence-electron chi connectivity index (χ1n) is 6.65. The van der Waals surface area contributed by atoms with Crippen LogP contribution in [0, 0.1) is 5.82 Å². The van der Waals surface area contributed by atoms with Crippen LogP contribution in [-0.4, -0.2) is 28.4 Å². The van der Waals surface area contributed by atoms with Crippen molar-refractivity contribution in [3.63, 3.8) is 0 Å². The van der Waals surface area contributed by atoms with E-state index in [2.05, 4.69) is 5.32 Å². The number of hydrogen-bond acceptors (Lipinski definition) is 4. The summed E-state index contributed by atoms with van der Waals surface area (Å²) in [5.74, 6) is -0.462. The molecule has 0 saturated carbocycles. The maximum Gasteiger partial charge on any atom is 0.242 e. The molecule has 1 amide bonds. The van der Waals surface area contributed by atoms with Gasteiger partial charge in [-0.25, -0.2) is 4.39 Å². The van der Waals surface area contributed by atoms with Gasteiger partial charge >= 0.3 is 0 Å². The Morgan fingerprint density at radius 2 is 2.27 bits per heavy atom. The Labute approximate surface area is 141 Å². The molecule has 116 valence electrons. The number of amides is 1. The second kappa shape index (κ2) is 6.06. The molecule has 0 radical (unpaired) electrons. The Morgan fingerprint density at radius 3 is 2.86 bits per heavy atom. The van der Waals surface area contributed by atoms with Crippen molar-refractivity contribution in [2.24, 2.45) is 5.73 Å². The summed E-state index contributed by atoms with van der Waals surface area (Å²) in [5.41, 5.74) is 6.39. The minimum atomic E-state index is -0.414. The average molecular weight is 358 g/mol. The summed E-state index contributed by atoms with van der Waals surface area (Å²) in [6.45, 7) is 0.623. The van der Waals surface area contributed by atoms with E-state index in [-0.39, 0.29) is 22.3 Å². The minimum Gasteiger partial charge on any atom is -0.389 e. The average Bonchev–Trinajstić information content (AvgIpc) is 3.03. The summed E-state index contributed by atoms with van der Waals surface area (Å²) in [5, 5.41) is 2.84. The van der Waals surface area contributed by atoms with E-state index in [4.69, 9.17) is 29.6 Å². The maximum absolute atomic E-state index is 13.7. The summed E-state index contributed by atoms with van der Waals surface area (Å²) in [4.78, 5) is 14.8. The molecule has 0 aromatic heterocycles. The molecule has 0 aliphatic carbocycles. The minimum absolute atomic E-state index is 0.0476. The summed E-state index contributed by atoms with van der Waals surface area (Å²) >= 11 is 12.4. The summed E-state index contributed by atoms with van der Waals surface area (Å²) in [6, 6.07) is 4.05. The van der Waals surface area contributed by atoms with E-state index in [1.54, 1.807) is 12.3 Å². The van der Waals surface area contributed by atoms with Crippen LogP contribution >= 0.6 is 35.6 Å². The number of hydrogen-bond donors (Lipinski definition) is 2. The number of halogens is 2. The quantitative estimate of drug-likeness (QED) is 0.814. The fraction of sp³-hybridized carbons (Fsp3) is 0.286. The number of thiocarbonyl (C=S) groups is 1. The molecule has 1 aromatic rings. The van der Waals surface area contributed by atoms with Crippen LogP contribution < -0.4 is 11.1 Å². The highest BCUT2D eigenvalue weighted by Crippen LogP contribution is 2.46. The van der Waals surface area contributed by atoms with Gasteiger partial charge in [0.1, 0.15) is 22.2 Å². The van der Waals surface area contributed by atoms with E-state index < -0.39 is 5.82 Å². The number of benzene rings is 1. The smallest absolute Gasteiger partial charge is 0.242 e. The fourth-order valence-electron chi connectivity index (χ4n) is 2.61. The monoisotopic (exact) mass is 357 g/mol. The number of carbonyl (C=O) groups is 1. The van der Waals surface area contributed by atoms with Gasteiger partial charge in [-0.3, -0.25) is 4.79 Å². The van der Waals surface area contributed by atoms with Crippen LogP contribution in [-0.2, 0) is 4.79 Å². The standard InChI is InChI=1S/C14H13ClFN3OS2/c15-8-3-7(4-9(16)5-8)14-19(6-11(22-14)12(17)21)10-1-2-18-13(10)20/h3-6,10,14H,1-2H2,(H2,17,21)(H,18,20)/t10?,14-/m0/s1. The van der Waals surface area contributed by atoms with E-state index in [1.807, 2.05) is 4.90 Å². The van der Waals surface area contributed by atoms with Gasteiger partial charge in [0, 0.05) is 17.8 Å². The molecule has 0 bridgehead atoms. The van der Waals surface area contributed by atoms with Crippen LogP contribution in [0.15, 0.2) is 29.3 Å². The molecule has 4 nitrogen and oxygen atoms in total. The zero-order valence-corrected chi connectivity index (χ0v) is 13.8. The van der Waals surface area contributed by atoms with Crippen LogP contribution in [0.4, 0.5) is 4.39 Å². The Morgan fingerprint density at radius 1 is 1.50 bits per heavy atom. The number of nitrogens with one attached hydrogen (secondary N) is 1. The maximum atomic E-state index is 13.7. The lowest BCUT2D eigenvalue weighted by molar-refractivity contribution is -0.123. The molecule has 2 atom stereocenters. The van der Waals surface area contributed by atoms with Gasteiger partial charge in [-0.1, -0.05) is 35.6 Å². The van der Waals surface area contributed by atoms with Gasteiger partial charge in [0.05, 0.1) is 4.91 Å². The van der Waals surface area contributed by atoms with Gasteiger partial charge in [0.15, 0.2) is 0 Å². The van der Waals surface area contributed by atoms with Crippen molar-refractivity contribution in [1.82, 2.24) is 10.2 Å². The van der Waals surface area contributed by atoms with Crippen molar-refractivity contribution in [3.8, 4) is 0 Å². The van der Waals surface area contributed by atoms with Crippen molar-refractivity contribution in [2.45, 2.75) is 17.8 Å². The topological polar surface area (TPSA) is 58.4 Å². The largest absolute Gasteiger partial charge is 0.389 e. The molecule has 2 aliphatic rings. The van der Waals surface area contributed by atoms with Gasteiger partial charge in [-0.05, 0) is 30.2 Å². The molecular weight excluding hydrogens is 345 g/mol. The molecule has 3 rings (SSSR count). The first-order chi connectivity index (χ1) is 10.5. The van der Waals surface area contributed by atoms with E-state index in [1.165, 1.54) is 23.9 Å². The summed E-state index contributed by atoms with van der Waals surface area (Å²) in [7, 11) is 0. The molecule has 3 N–H and O–H groups in total. The molecule has 2 aliphatic heterocycles. The first-order valence-corrected chi connectivity index (χ1v) is 8.32. The Balaban J connectivity index is 1.98. The highest BCUT2D eigenvalue weighted by atomic mass is 35.5. The third-order valence-corrected chi connectivity index (χ3v) is 5.45. The van der Waals surface area contributed by atoms with E-state index in [0.29, 0.717) is 28.5 Å². The van der Waals surface area contributed by atoms with Crippen molar-refractivity contribution in [3.05, 3.63) is 45.7 Å². The molecule has 2 heterocycles. The zero-order valence-electron chi connectivity index (χ0n) is 11.4. The predicted octanol–water partition coefficient (Wildman–Crippen LogP) is 2.54. The van der Waals surface area contributed by atoms with Gasteiger partial charge in [0.25, 0.3) is 0 Å². The Bertz CT molecular complexity index is 662. The van der Waals surface area contributed by atoms with Gasteiger partial charge in [-0.2, -0.15) is 0 Å².